The highest BCUT2D eigenvalue weighted by Crippen LogP contribution is 2.31. The highest BCUT2D eigenvalue weighted by Gasteiger charge is 2.36. The fourth-order valence-electron chi connectivity index (χ4n) is 3.67. The van der Waals surface area contributed by atoms with Crippen molar-refractivity contribution in [2.24, 2.45) is 0 Å². The number of carbonyl (C=O) groups is 1. The third kappa shape index (κ3) is 3.44. The Morgan fingerprint density at radius 2 is 1.89 bits per heavy atom. The normalized spacial score (nSPS) is 21.1. The Morgan fingerprint density at radius 3 is 2.56 bits per heavy atom. The number of sulfonamides is 1. The predicted molar refractivity (Wildman–Crippen MR) is 96.0 cm³/mol. The van der Waals surface area contributed by atoms with Crippen molar-refractivity contribution in [3.05, 3.63) is 24.4 Å². The van der Waals surface area contributed by atoms with Gasteiger partial charge in [-0.05, 0) is 12.8 Å². The first-order valence-electron chi connectivity index (χ1n) is 8.88. The van der Waals surface area contributed by atoms with E-state index in [-0.39, 0.29) is 11.8 Å². The second-order valence-electron chi connectivity index (χ2n) is 6.81. The van der Waals surface area contributed by atoms with Crippen molar-refractivity contribution in [1.82, 2.24) is 33.9 Å². The molecule has 0 bridgehead atoms. The Bertz CT molecular complexity index is 936. The van der Waals surface area contributed by atoms with E-state index < -0.39 is 10.0 Å². The topological polar surface area (TPSA) is 114 Å². The highest BCUT2D eigenvalue weighted by atomic mass is 32.2. The van der Waals surface area contributed by atoms with Gasteiger partial charge < -0.3 is 9.47 Å². The second-order valence-corrected chi connectivity index (χ2v) is 8.79. The number of amides is 1. The minimum Gasteiger partial charge on any atom is -0.339 e. The first-order valence-corrected chi connectivity index (χ1v) is 10.7. The number of hydrogen-bond acceptors (Lipinski definition) is 7. The molecule has 2 aliphatic rings. The summed E-state index contributed by atoms with van der Waals surface area (Å²) in [4.78, 5) is 23.1. The van der Waals surface area contributed by atoms with Gasteiger partial charge in [0.25, 0.3) is 0 Å². The second kappa shape index (κ2) is 6.97. The van der Waals surface area contributed by atoms with Gasteiger partial charge in [0.2, 0.25) is 15.9 Å². The van der Waals surface area contributed by atoms with Gasteiger partial charge in [-0.1, -0.05) is 0 Å². The van der Waals surface area contributed by atoms with Gasteiger partial charge >= 0.3 is 0 Å². The van der Waals surface area contributed by atoms with Crippen LogP contribution < -0.4 is 0 Å². The first kappa shape index (κ1) is 18.0. The lowest BCUT2D eigenvalue weighted by molar-refractivity contribution is -0.134. The summed E-state index contributed by atoms with van der Waals surface area (Å²) < 4.78 is 26.7. The van der Waals surface area contributed by atoms with Crippen molar-refractivity contribution in [2.75, 3.05) is 32.4 Å². The summed E-state index contributed by atoms with van der Waals surface area (Å²) in [5.74, 6) is 0.901. The molecule has 2 aromatic heterocycles. The fraction of sp³-hybridized carbons (Fsp3) is 0.562. The van der Waals surface area contributed by atoms with E-state index in [2.05, 4.69) is 20.2 Å². The molecule has 1 unspecified atom stereocenters. The predicted octanol–water partition coefficient (Wildman–Crippen LogP) is -0.284. The van der Waals surface area contributed by atoms with Crippen LogP contribution in [0.15, 0.2) is 18.6 Å². The molecular formula is C16H21N7O3S. The van der Waals surface area contributed by atoms with Crippen LogP contribution in [0.2, 0.25) is 0 Å². The quantitative estimate of drug-likeness (QED) is 0.707. The van der Waals surface area contributed by atoms with E-state index >= 15 is 0 Å². The lowest BCUT2D eigenvalue weighted by Gasteiger charge is -2.35. The molecule has 0 spiro atoms. The van der Waals surface area contributed by atoms with Crippen molar-refractivity contribution in [3.63, 3.8) is 0 Å². The van der Waals surface area contributed by atoms with Crippen LogP contribution in [0.25, 0.3) is 11.5 Å². The summed E-state index contributed by atoms with van der Waals surface area (Å²) in [6.45, 7) is 2.19. The average molecular weight is 391 g/mol. The fourth-order valence-corrected chi connectivity index (χ4v) is 4.50. The Morgan fingerprint density at radius 1 is 1.11 bits per heavy atom. The molecule has 27 heavy (non-hydrogen) atoms. The Labute approximate surface area is 157 Å². The number of carbonyl (C=O) groups excluding carboxylic acids is 1. The smallest absolute Gasteiger partial charge is 0.233 e. The summed E-state index contributed by atoms with van der Waals surface area (Å²) >= 11 is 0. The largest absolute Gasteiger partial charge is 0.339 e. The van der Waals surface area contributed by atoms with Gasteiger partial charge in [-0.3, -0.25) is 9.78 Å². The molecule has 2 aromatic rings. The molecule has 0 aromatic carbocycles. The third-order valence-corrected chi connectivity index (χ3v) is 6.38. The van der Waals surface area contributed by atoms with E-state index in [4.69, 9.17) is 0 Å². The maximum absolute atomic E-state index is 13.1. The van der Waals surface area contributed by atoms with Crippen molar-refractivity contribution in [3.8, 4) is 11.5 Å². The van der Waals surface area contributed by atoms with Crippen molar-refractivity contribution in [2.45, 2.75) is 25.3 Å². The first-order chi connectivity index (χ1) is 12.9. The molecule has 4 rings (SSSR count). The van der Waals surface area contributed by atoms with E-state index in [1.54, 1.807) is 23.5 Å². The average Bonchev–Trinajstić information content (AvgIpc) is 3.12. The Balaban J connectivity index is 1.54. The number of nitrogens with zero attached hydrogens (tertiary/aromatic N) is 7. The van der Waals surface area contributed by atoms with Gasteiger partial charge in [0, 0.05) is 45.1 Å². The molecule has 0 aliphatic carbocycles. The molecule has 144 valence electrons. The zero-order chi connectivity index (χ0) is 19.0. The molecule has 1 atom stereocenters. The van der Waals surface area contributed by atoms with Crippen LogP contribution in [0.4, 0.5) is 0 Å². The standard InChI is InChI=1S/C16H21N7O3S/c1-27(25,26)22-9-7-21(8-10-22)16(24)12-3-2-6-23-14(12)19-20-15(23)13-11-17-4-5-18-13/h4-5,11-12H,2-3,6-10H2,1H3. The molecular weight excluding hydrogens is 370 g/mol. The van der Waals surface area contributed by atoms with Crippen LogP contribution in [0.3, 0.4) is 0 Å². The zero-order valence-corrected chi connectivity index (χ0v) is 15.8. The number of hydrogen-bond donors (Lipinski definition) is 0. The third-order valence-electron chi connectivity index (χ3n) is 5.08. The number of fused-ring (bicyclic) bond motifs is 1. The van der Waals surface area contributed by atoms with Crippen LogP contribution >= 0.6 is 0 Å². The molecule has 1 saturated heterocycles. The molecule has 1 amide bonds. The number of piperazine rings is 1. The van der Waals surface area contributed by atoms with Crippen LogP contribution in [0.1, 0.15) is 24.6 Å². The number of aromatic nitrogens is 5. The van der Waals surface area contributed by atoms with E-state index in [0.29, 0.717) is 49.9 Å². The Hall–Kier alpha value is -2.40. The maximum atomic E-state index is 13.1. The molecule has 11 heteroatoms. The molecule has 0 radical (unpaired) electrons. The zero-order valence-electron chi connectivity index (χ0n) is 15.0. The SMILES string of the molecule is CS(=O)(=O)N1CCN(C(=O)C2CCCn3c(-c4cnccn4)nnc32)CC1. The van der Waals surface area contributed by atoms with Gasteiger partial charge in [-0.25, -0.2) is 13.4 Å². The van der Waals surface area contributed by atoms with E-state index in [0.717, 1.165) is 13.0 Å². The minimum atomic E-state index is -3.22. The van der Waals surface area contributed by atoms with E-state index in [1.165, 1.54) is 10.6 Å². The molecule has 2 aliphatic heterocycles. The monoisotopic (exact) mass is 391 g/mol. The lowest BCUT2D eigenvalue weighted by Crippen LogP contribution is -2.51. The molecule has 10 nitrogen and oxygen atoms in total. The van der Waals surface area contributed by atoms with Gasteiger partial charge in [0.15, 0.2) is 5.82 Å². The van der Waals surface area contributed by atoms with Crippen LogP contribution in [0, 0.1) is 0 Å². The maximum Gasteiger partial charge on any atom is 0.233 e. The highest BCUT2D eigenvalue weighted by molar-refractivity contribution is 7.88. The van der Waals surface area contributed by atoms with Crippen LogP contribution in [0.5, 0.6) is 0 Å². The summed E-state index contributed by atoms with van der Waals surface area (Å²) in [7, 11) is -3.22. The molecule has 0 N–H and O–H groups in total. The molecule has 4 heterocycles. The summed E-state index contributed by atoms with van der Waals surface area (Å²) in [6, 6.07) is 0. The van der Waals surface area contributed by atoms with Gasteiger partial charge in [-0.15, -0.1) is 10.2 Å². The molecule has 1 fully saturated rings. The van der Waals surface area contributed by atoms with Crippen molar-refractivity contribution < 1.29 is 13.2 Å². The van der Waals surface area contributed by atoms with Crippen LogP contribution in [-0.4, -0.2) is 80.7 Å². The summed E-state index contributed by atoms with van der Waals surface area (Å²) in [5.41, 5.74) is 0.631. The number of rotatable bonds is 3. The Kier molecular flexibility index (Phi) is 4.64. The minimum absolute atomic E-state index is 0.0119. The van der Waals surface area contributed by atoms with E-state index in [9.17, 15) is 13.2 Å². The van der Waals surface area contributed by atoms with Crippen molar-refractivity contribution in [1.29, 1.82) is 0 Å². The van der Waals surface area contributed by atoms with Crippen molar-refractivity contribution >= 4 is 15.9 Å². The molecule has 0 saturated carbocycles. The van der Waals surface area contributed by atoms with E-state index in [1.807, 2.05) is 4.57 Å². The summed E-state index contributed by atoms with van der Waals surface area (Å²) in [5, 5.41) is 8.52. The van der Waals surface area contributed by atoms with Crippen LogP contribution in [-0.2, 0) is 21.4 Å². The van der Waals surface area contributed by atoms with Gasteiger partial charge in [0.05, 0.1) is 18.4 Å². The van der Waals surface area contributed by atoms with Gasteiger partial charge in [-0.2, -0.15) is 4.31 Å². The lowest BCUT2D eigenvalue weighted by atomic mass is 9.96. The van der Waals surface area contributed by atoms with Gasteiger partial charge in [0.1, 0.15) is 11.5 Å². The summed E-state index contributed by atoms with van der Waals surface area (Å²) in [6.07, 6.45) is 7.58.